The zero-order valence-electron chi connectivity index (χ0n) is 11.8. The van der Waals surface area contributed by atoms with Crippen LogP contribution in [0.4, 0.5) is 0 Å². The largest absolute Gasteiger partial charge is 0.326 e. The van der Waals surface area contributed by atoms with Crippen LogP contribution in [-0.4, -0.2) is 11.3 Å². The minimum absolute atomic E-state index is 0.381. The van der Waals surface area contributed by atoms with Crippen LogP contribution < -0.4 is 5.73 Å². The molecule has 1 nitrogen and oxygen atoms in total. The van der Waals surface area contributed by atoms with Gasteiger partial charge in [-0.05, 0) is 42.7 Å². The number of benzene rings is 1. The molecule has 19 heavy (non-hydrogen) atoms. The first-order valence-electron chi connectivity index (χ1n) is 7.78. The maximum absolute atomic E-state index is 6.63. The molecular formula is C17H25NS. The molecule has 104 valence electrons. The molecular weight excluding hydrogens is 250 g/mol. The Labute approximate surface area is 121 Å². The summed E-state index contributed by atoms with van der Waals surface area (Å²) in [7, 11) is 0. The summed E-state index contributed by atoms with van der Waals surface area (Å²) in [4.78, 5) is 1.46. The van der Waals surface area contributed by atoms with Crippen LogP contribution in [0, 0.1) is 11.8 Å². The summed E-state index contributed by atoms with van der Waals surface area (Å²) < 4.78 is 0. The third kappa shape index (κ3) is 2.85. The molecule has 1 aliphatic heterocycles. The third-order valence-corrected chi connectivity index (χ3v) is 6.48. The van der Waals surface area contributed by atoms with Crippen LogP contribution in [0.3, 0.4) is 0 Å². The monoisotopic (exact) mass is 275 g/mol. The van der Waals surface area contributed by atoms with E-state index in [2.05, 4.69) is 31.2 Å². The fourth-order valence-corrected chi connectivity index (χ4v) is 5.21. The first kappa shape index (κ1) is 13.5. The quantitative estimate of drug-likeness (QED) is 0.892. The fraction of sp³-hybridized carbons (Fsp3) is 0.647. The van der Waals surface area contributed by atoms with Crippen molar-refractivity contribution in [3.8, 4) is 0 Å². The summed E-state index contributed by atoms with van der Waals surface area (Å²) in [6, 6.07) is 9.20. The number of fused-ring (bicyclic) bond motifs is 1. The molecule has 0 amide bonds. The number of hydrogen-bond donors (Lipinski definition) is 1. The first-order chi connectivity index (χ1) is 9.28. The maximum atomic E-state index is 6.63. The Kier molecular flexibility index (Phi) is 4.18. The van der Waals surface area contributed by atoms with Crippen molar-refractivity contribution >= 4 is 11.8 Å². The Morgan fingerprint density at radius 2 is 2.16 bits per heavy atom. The topological polar surface area (TPSA) is 26.0 Å². The van der Waals surface area contributed by atoms with Gasteiger partial charge < -0.3 is 5.73 Å². The molecule has 2 aliphatic rings. The van der Waals surface area contributed by atoms with E-state index < -0.39 is 0 Å². The van der Waals surface area contributed by atoms with Crippen LogP contribution in [-0.2, 0) is 6.42 Å². The van der Waals surface area contributed by atoms with Gasteiger partial charge in [-0.1, -0.05) is 44.4 Å². The first-order valence-corrected chi connectivity index (χ1v) is 8.66. The van der Waals surface area contributed by atoms with Crippen molar-refractivity contribution in [2.75, 3.05) is 0 Å². The molecule has 0 bridgehead atoms. The molecule has 1 heterocycles. The van der Waals surface area contributed by atoms with E-state index in [0.717, 1.165) is 11.8 Å². The van der Waals surface area contributed by atoms with E-state index in [1.54, 1.807) is 0 Å². The SMILES string of the molecule is CCC1CCCC(C(N)C2Cc3ccccc3S2)C1. The van der Waals surface area contributed by atoms with E-state index in [0.29, 0.717) is 11.3 Å². The van der Waals surface area contributed by atoms with Crippen molar-refractivity contribution in [2.24, 2.45) is 17.6 Å². The van der Waals surface area contributed by atoms with E-state index in [4.69, 9.17) is 5.73 Å². The summed E-state index contributed by atoms with van der Waals surface area (Å²) >= 11 is 2.02. The van der Waals surface area contributed by atoms with E-state index in [1.165, 1.54) is 49.0 Å². The Morgan fingerprint density at radius 3 is 2.95 bits per heavy atom. The minimum atomic E-state index is 0.381. The molecule has 0 spiro atoms. The average molecular weight is 275 g/mol. The average Bonchev–Trinajstić information content (AvgIpc) is 2.90. The molecule has 3 rings (SSSR count). The van der Waals surface area contributed by atoms with Crippen molar-refractivity contribution in [2.45, 2.75) is 61.6 Å². The third-order valence-electron chi connectivity index (χ3n) is 5.05. The van der Waals surface area contributed by atoms with Gasteiger partial charge >= 0.3 is 0 Å². The van der Waals surface area contributed by atoms with Crippen LogP contribution >= 0.6 is 11.8 Å². The molecule has 4 atom stereocenters. The fourth-order valence-electron chi connectivity index (χ4n) is 3.78. The van der Waals surface area contributed by atoms with Crippen molar-refractivity contribution in [1.82, 2.24) is 0 Å². The van der Waals surface area contributed by atoms with Gasteiger partial charge in [0.25, 0.3) is 0 Å². The van der Waals surface area contributed by atoms with Crippen molar-refractivity contribution in [3.63, 3.8) is 0 Å². The zero-order chi connectivity index (χ0) is 13.2. The summed E-state index contributed by atoms with van der Waals surface area (Å²) in [6.45, 7) is 2.33. The molecule has 4 unspecified atom stereocenters. The Hall–Kier alpha value is -0.470. The van der Waals surface area contributed by atoms with E-state index in [9.17, 15) is 0 Å². The van der Waals surface area contributed by atoms with E-state index >= 15 is 0 Å². The molecule has 1 fully saturated rings. The maximum Gasteiger partial charge on any atom is 0.0289 e. The number of hydrogen-bond acceptors (Lipinski definition) is 2. The zero-order valence-corrected chi connectivity index (χ0v) is 12.7. The molecule has 1 aliphatic carbocycles. The van der Waals surface area contributed by atoms with Gasteiger partial charge in [0.15, 0.2) is 0 Å². The van der Waals surface area contributed by atoms with Crippen LogP contribution in [0.1, 0.15) is 44.6 Å². The number of nitrogens with two attached hydrogens (primary N) is 1. The van der Waals surface area contributed by atoms with Crippen molar-refractivity contribution in [3.05, 3.63) is 29.8 Å². The molecule has 2 N–H and O–H groups in total. The van der Waals surface area contributed by atoms with Gasteiger partial charge in [-0.25, -0.2) is 0 Å². The molecule has 1 aromatic rings. The lowest BCUT2D eigenvalue weighted by molar-refractivity contribution is 0.227. The van der Waals surface area contributed by atoms with Gasteiger partial charge in [0.05, 0.1) is 0 Å². The van der Waals surface area contributed by atoms with Crippen LogP contribution in [0.25, 0.3) is 0 Å². The molecule has 0 saturated heterocycles. The highest BCUT2D eigenvalue weighted by Gasteiger charge is 2.34. The predicted octanol–water partition coefficient (Wildman–Crippen LogP) is 4.25. The lowest BCUT2D eigenvalue weighted by Crippen LogP contribution is -2.41. The lowest BCUT2D eigenvalue weighted by atomic mass is 9.76. The van der Waals surface area contributed by atoms with Crippen LogP contribution in [0.5, 0.6) is 0 Å². The second-order valence-corrected chi connectivity index (χ2v) is 7.53. The minimum Gasteiger partial charge on any atom is -0.326 e. The molecule has 1 aromatic carbocycles. The summed E-state index contributed by atoms with van der Waals surface area (Å²) in [6.07, 6.45) is 8.05. The number of rotatable bonds is 3. The Balaban J connectivity index is 1.64. The van der Waals surface area contributed by atoms with Crippen LogP contribution in [0.15, 0.2) is 29.2 Å². The predicted molar refractivity (Wildman–Crippen MR) is 83.5 cm³/mol. The smallest absolute Gasteiger partial charge is 0.0289 e. The van der Waals surface area contributed by atoms with Crippen molar-refractivity contribution in [1.29, 1.82) is 0 Å². The second-order valence-electron chi connectivity index (χ2n) is 6.25. The lowest BCUT2D eigenvalue weighted by Gasteiger charge is -2.34. The van der Waals surface area contributed by atoms with Gasteiger partial charge in [0.1, 0.15) is 0 Å². The highest BCUT2D eigenvalue weighted by molar-refractivity contribution is 8.00. The van der Waals surface area contributed by atoms with Gasteiger partial charge in [0.2, 0.25) is 0 Å². The molecule has 2 heteroatoms. The van der Waals surface area contributed by atoms with Gasteiger partial charge in [0, 0.05) is 16.2 Å². The second kappa shape index (κ2) is 5.88. The standard InChI is InChI=1S/C17H25NS/c1-2-12-6-5-8-14(10-12)17(18)16-11-13-7-3-4-9-15(13)19-16/h3-4,7,9,12,14,16-17H,2,5-6,8,10-11,18H2,1H3. The van der Waals surface area contributed by atoms with Crippen LogP contribution in [0.2, 0.25) is 0 Å². The Bertz CT molecular complexity index is 406. The highest BCUT2D eigenvalue weighted by Crippen LogP contribution is 2.42. The highest BCUT2D eigenvalue weighted by atomic mass is 32.2. The molecule has 0 aromatic heterocycles. The molecule has 0 radical (unpaired) electrons. The van der Waals surface area contributed by atoms with Crippen molar-refractivity contribution < 1.29 is 0 Å². The Morgan fingerprint density at radius 1 is 1.32 bits per heavy atom. The van der Waals surface area contributed by atoms with E-state index in [-0.39, 0.29) is 0 Å². The van der Waals surface area contributed by atoms with Gasteiger partial charge in [-0.15, -0.1) is 11.8 Å². The summed E-state index contributed by atoms with van der Waals surface area (Å²) in [5.41, 5.74) is 8.14. The van der Waals surface area contributed by atoms with Gasteiger partial charge in [-0.3, -0.25) is 0 Å². The van der Waals surface area contributed by atoms with E-state index in [1.807, 2.05) is 11.8 Å². The normalized spacial score (nSPS) is 32.0. The van der Waals surface area contributed by atoms with Gasteiger partial charge in [-0.2, -0.15) is 0 Å². The summed E-state index contributed by atoms with van der Waals surface area (Å²) in [5.74, 6) is 1.68. The molecule has 1 saturated carbocycles. The number of thioether (sulfide) groups is 1. The summed E-state index contributed by atoms with van der Waals surface area (Å²) in [5, 5.41) is 0.609.